The minimum absolute atomic E-state index is 0.0542. The van der Waals surface area contributed by atoms with Gasteiger partial charge in [0.25, 0.3) is 0 Å². The molecule has 4 rings (SSSR count). The summed E-state index contributed by atoms with van der Waals surface area (Å²) in [4.78, 5) is 177. The number of H-pyrrole nitrogens is 2. The number of aromatic nitrogens is 2. The number of hydrogen-bond acceptors (Lipinski definition) is 19. The number of amides is 11. The van der Waals surface area contributed by atoms with E-state index in [4.69, 9.17) is 11.5 Å². The van der Waals surface area contributed by atoms with Crippen LogP contribution in [0.1, 0.15) is 57.1 Å². The molecular formula is C56H79N15O17S2. The summed E-state index contributed by atoms with van der Waals surface area (Å²) in [5, 5.41) is 66.8. The molecule has 34 heteroatoms. The van der Waals surface area contributed by atoms with Crippen LogP contribution in [0.4, 0.5) is 0 Å². The zero-order valence-electron chi connectivity index (χ0n) is 49.3. The Bertz CT molecular complexity index is 3180. The van der Waals surface area contributed by atoms with Crippen LogP contribution in [0.25, 0.3) is 21.8 Å². The van der Waals surface area contributed by atoms with Crippen molar-refractivity contribution in [2.24, 2.45) is 17.4 Å². The molecule has 2 aromatic carbocycles. The molecule has 4 aromatic rings. The quantitative estimate of drug-likeness (QED) is 0.0146. The highest BCUT2D eigenvalue weighted by Gasteiger charge is 2.34. The van der Waals surface area contributed by atoms with E-state index in [2.05, 4.69) is 93.7 Å². The van der Waals surface area contributed by atoms with Gasteiger partial charge in [-0.1, -0.05) is 50.2 Å². The molecule has 0 unspecified atom stereocenters. The largest absolute Gasteiger partial charge is 0.481 e. The maximum Gasteiger partial charge on any atom is 0.327 e. The summed E-state index contributed by atoms with van der Waals surface area (Å²) in [5.41, 5.74) is 13.8. The van der Waals surface area contributed by atoms with Gasteiger partial charge in [-0.05, 0) is 61.4 Å². The molecule has 11 amide bonds. The van der Waals surface area contributed by atoms with Crippen LogP contribution in [0.15, 0.2) is 60.9 Å². The summed E-state index contributed by atoms with van der Waals surface area (Å²) in [6, 6.07) is 0.690. The number of aromatic amines is 2. The molecule has 9 atom stereocenters. The van der Waals surface area contributed by atoms with Crippen LogP contribution in [0.3, 0.4) is 0 Å². The van der Waals surface area contributed by atoms with Gasteiger partial charge in [0.1, 0.15) is 48.3 Å². The minimum Gasteiger partial charge on any atom is -0.481 e. The fourth-order valence-corrected chi connectivity index (χ4v) is 9.33. The first kappa shape index (κ1) is 73.6. The van der Waals surface area contributed by atoms with Crippen molar-refractivity contribution in [2.75, 3.05) is 50.9 Å². The summed E-state index contributed by atoms with van der Waals surface area (Å²) >= 11 is 7.89. The van der Waals surface area contributed by atoms with Gasteiger partial charge in [0.15, 0.2) is 0 Å². The summed E-state index contributed by atoms with van der Waals surface area (Å²) in [6.45, 7) is -0.736. The summed E-state index contributed by atoms with van der Waals surface area (Å²) in [7, 11) is 0. The maximum atomic E-state index is 14.3. The van der Waals surface area contributed by atoms with Gasteiger partial charge < -0.3 is 100 Å². The molecule has 492 valence electrons. The van der Waals surface area contributed by atoms with Crippen LogP contribution >= 0.6 is 25.3 Å². The number of aliphatic hydroxyl groups excluding tert-OH is 2. The number of nitrogens with two attached hydrogens (primary N) is 2. The first-order valence-electron chi connectivity index (χ1n) is 28.5. The Morgan fingerprint density at radius 3 is 1.41 bits per heavy atom. The Hall–Kier alpha value is -8.83. The van der Waals surface area contributed by atoms with Gasteiger partial charge in [0.05, 0.1) is 45.3 Å². The number of carboxylic acids is 2. The number of fused-ring (bicyclic) bond motifs is 2. The first-order chi connectivity index (χ1) is 42.8. The average molecular weight is 1300 g/mol. The molecule has 0 aliphatic carbocycles. The monoisotopic (exact) mass is 1300 g/mol. The van der Waals surface area contributed by atoms with E-state index in [0.29, 0.717) is 39.4 Å². The molecule has 0 bridgehead atoms. The molecule has 0 spiro atoms. The summed E-state index contributed by atoms with van der Waals surface area (Å²) in [6.07, 6.45) is 2.52. The van der Waals surface area contributed by atoms with E-state index in [1.165, 1.54) is 0 Å². The van der Waals surface area contributed by atoms with Gasteiger partial charge in [0.2, 0.25) is 65.0 Å². The highest BCUT2D eigenvalue weighted by Crippen LogP contribution is 2.21. The van der Waals surface area contributed by atoms with Gasteiger partial charge in [-0.25, -0.2) is 4.79 Å². The van der Waals surface area contributed by atoms with Crippen LogP contribution in [-0.4, -0.2) is 213 Å². The van der Waals surface area contributed by atoms with Crippen LogP contribution in [0.2, 0.25) is 0 Å². The van der Waals surface area contributed by atoms with Crippen molar-refractivity contribution in [3.05, 3.63) is 72.1 Å². The number of carbonyl (C=O) groups excluding carboxylic acids is 11. The second-order valence-electron chi connectivity index (χ2n) is 21.1. The summed E-state index contributed by atoms with van der Waals surface area (Å²) < 4.78 is 0. The van der Waals surface area contributed by atoms with Gasteiger partial charge >= 0.3 is 11.9 Å². The van der Waals surface area contributed by atoms with Gasteiger partial charge in [-0.3, -0.25) is 57.5 Å². The molecule has 2 aromatic heterocycles. The van der Waals surface area contributed by atoms with E-state index in [1.807, 2.05) is 0 Å². The van der Waals surface area contributed by atoms with Crippen LogP contribution in [0.5, 0.6) is 0 Å². The van der Waals surface area contributed by atoms with E-state index in [-0.39, 0.29) is 56.1 Å². The Morgan fingerprint density at radius 2 is 0.911 bits per heavy atom. The molecule has 0 aliphatic heterocycles. The fourth-order valence-electron chi connectivity index (χ4n) is 8.92. The molecular weight excluding hydrogens is 1220 g/mol. The number of aliphatic hydroxyl groups is 2. The van der Waals surface area contributed by atoms with Crippen LogP contribution < -0.4 is 70.0 Å². The van der Waals surface area contributed by atoms with Crippen molar-refractivity contribution >= 4 is 124 Å². The Morgan fingerprint density at radius 1 is 0.489 bits per heavy atom. The number of aliphatic carboxylic acids is 2. The number of unbranched alkanes of at least 4 members (excludes halogenated alkanes) is 1. The van der Waals surface area contributed by atoms with Crippen molar-refractivity contribution in [3.63, 3.8) is 0 Å². The lowest BCUT2D eigenvalue weighted by Gasteiger charge is -2.27. The molecule has 0 saturated heterocycles. The second kappa shape index (κ2) is 37.2. The van der Waals surface area contributed by atoms with Crippen LogP contribution in [-0.2, 0) is 75.2 Å². The third-order valence-corrected chi connectivity index (χ3v) is 14.4. The van der Waals surface area contributed by atoms with Crippen LogP contribution in [0, 0.1) is 5.92 Å². The highest BCUT2D eigenvalue weighted by atomic mass is 32.1. The lowest BCUT2D eigenvalue weighted by molar-refractivity contribution is -0.142. The average Bonchev–Trinajstić information content (AvgIpc) is 1.74. The molecule has 90 heavy (non-hydrogen) atoms. The van der Waals surface area contributed by atoms with E-state index in [9.17, 15) is 82.8 Å². The number of rotatable bonds is 39. The number of benzene rings is 2. The van der Waals surface area contributed by atoms with Crippen molar-refractivity contribution < 1.29 is 82.8 Å². The van der Waals surface area contributed by atoms with E-state index in [0.717, 1.165) is 0 Å². The van der Waals surface area contributed by atoms with Crippen molar-refractivity contribution in [1.82, 2.24) is 68.5 Å². The highest BCUT2D eigenvalue weighted by molar-refractivity contribution is 7.80. The summed E-state index contributed by atoms with van der Waals surface area (Å²) in [5.74, 6) is -14.2. The molecule has 0 fully saturated rings. The standard InChI is InChI=1S/C56H79N15O17S2/c1-28(2)15-37(68-52(83)38(16-29-19-59-34-11-5-3-9-31(29)34)64-45(75)22-61-44(74)21-62-50(81)40(18-47(77)78)67-48(79)33(58)26-89)51(82)70-42(25-73)55(86)66-36(13-7-8-14-57)49(80)63-23-46(76)65-41(24-72)54(85)69-39(53(84)71-43(27-90)56(87)88)17-30-20-60-35-12-6-4-10-32(30)35/h3-6,9-12,19-20,28,33,36-43,59-60,72-73,89-90H,7-8,13-18,21-27,57-58H2,1-2H3,(H,61,74)(H,62,81)(H,63,80)(H,64,75)(H,65,76)(H,66,86)(H,67,79)(H,68,83)(H,69,85)(H,70,82)(H,71,84)(H,77,78)(H,87,88)/t33-,36-,37-,38-,39-,40-,41-,42-,43-/m0/s1. The van der Waals surface area contributed by atoms with E-state index < -0.39 is 171 Å². The minimum atomic E-state index is -1.75. The normalized spacial score (nSPS) is 14.1. The zero-order chi connectivity index (χ0) is 66.6. The Labute approximate surface area is 526 Å². The topological polar surface area (TPSA) is 519 Å². The van der Waals surface area contributed by atoms with Gasteiger partial charge in [-0.2, -0.15) is 25.3 Å². The predicted octanol–water partition coefficient (Wildman–Crippen LogP) is -5.43. The lowest BCUT2D eigenvalue weighted by Crippen LogP contribution is -2.60. The maximum absolute atomic E-state index is 14.3. The number of carboxylic acid groups (broad SMARTS) is 2. The fraction of sp³-hybridized carbons (Fsp3) is 0.482. The number of thiol groups is 2. The van der Waals surface area contributed by atoms with Crippen molar-refractivity contribution in [2.45, 2.75) is 113 Å². The lowest BCUT2D eigenvalue weighted by atomic mass is 10.0. The van der Waals surface area contributed by atoms with Crippen molar-refractivity contribution in [3.8, 4) is 0 Å². The predicted molar refractivity (Wildman–Crippen MR) is 331 cm³/mol. The molecule has 21 N–H and O–H groups in total. The number of hydrogen-bond donors (Lipinski definition) is 21. The van der Waals surface area contributed by atoms with Gasteiger partial charge in [0, 0.05) is 58.5 Å². The number of nitrogens with one attached hydrogen (secondary N) is 13. The number of para-hydroxylation sites is 2. The molecule has 0 radical (unpaired) electrons. The third-order valence-electron chi connectivity index (χ3n) is 13.7. The first-order valence-corrected chi connectivity index (χ1v) is 29.8. The second-order valence-corrected chi connectivity index (χ2v) is 21.9. The molecule has 0 aliphatic rings. The van der Waals surface area contributed by atoms with E-state index >= 15 is 0 Å². The molecule has 2 heterocycles. The number of carbonyl (C=O) groups is 13. The zero-order valence-corrected chi connectivity index (χ0v) is 51.1. The SMILES string of the molecule is CC(C)C[C@H](NC(=O)[C@H](Cc1c[nH]c2ccccc12)NC(=O)CNC(=O)CNC(=O)[C@H](CC(=O)O)NC(=O)[C@@H](N)CS)C(=O)N[C@@H](CO)C(=O)N[C@@H](CCCCN)C(=O)NCC(=O)N[C@@H](CO)C(=O)N[C@@H](Cc1c[nH]c2ccccc12)C(=O)N[C@@H](CS)C(=O)O. The van der Waals surface area contributed by atoms with Crippen molar-refractivity contribution in [1.29, 1.82) is 0 Å². The third kappa shape index (κ3) is 23.6. The Kier molecular flexibility index (Phi) is 30.5. The van der Waals surface area contributed by atoms with E-state index in [1.54, 1.807) is 74.8 Å². The molecule has 0 saturated carbocycles. The van der Waals surface area contributed by atoms with Gasteiger partial charge in [-0.15, -0.1) is 0 Å². The Balaban J connectivity index is 1.43. The molecule has 32 nitrogen and oxygen atoms in total. The smallest absolute Gasteiger partial charge is 0.327 e.